The van der Waals surface area contributed by atoms with Crippen molar-refractivity contribution < 1.29 is 19.1 Å². The largest absolute Gasteiger partial charge is 0.469 e. The third-order valence-electron chi connectivity index (χ3n) is 2.33. The number of rotatable bonds is 6. The maximum Gasteiger partial charge on any atom is 0.407 e. The van der Waals surface area contributed by atoms with E-state index in [1.165, 1.54) is 7.11 Å². The topological polar surface area (TPSA) is 64.6 Å². The summed E-state index contributed by atoms with van der Waals surface area (Å²) < 4.78 is 9.82. The summed E-state index contributed by atoms with van der Waals surface area (Å²) in [4.78, 5) is 22.8. The van der Waals surface area contributed by atoms with E-state index in [4.69, 9.17) is 9.47 Å². The molecule has 0 aromatic carbocycles. The van der Waals surface area contributed by atoms with Crippen LogP contribution in [0.3, 0.4) is 0 Å². The molecule has 0 heterocycles. The van der Waals surface area contributed by atoms with Crippen molar-refractivity contribution in [1.82, 2.24) is 5.32 Å². The fourth-order valence-corrected chi connectivity index (χ4v) is 1.56. The van der Waals surface area contributed by atoms with Gasteiger partial charge >= 0.3 is 12.1 Å². The number of methoxy groups -OCH3 is 1. The van der Waals surface area contributed by atoms with Crippen LogP contribution < -0.4 is 5.32 Å². The highest BCUT2D eigenvalue weighted by Crippen LogP contribution is 2.12. The third kappa shape index (κ3) is 7.92. The molecule has 0 saturated heterocycles. The Labute approximate surface area is 109 Å². The number of amides is 1. The molecule has 0 aliphatic rings. The Kier molecular flexibility index (Phi) is 7.39. The summed E-state index contributed by atoms with van der Waals surface area (Å²) in [6.07, 6.45) is 1.79. The van der Waals surface area contributed by atoms with Gasteiger partial charge in [0.05, 0.1) is 13.0 Å². The first-order valence-electron chi connectivity index (χ1n) is 6.34. The van der Waals surface area contributed by atoms with Gasteiger partial charge in [0, 0.05) is 6.54 Å². The molecule has 18 heavy (non-hydrogen) atoms. The lowest BCUT2D eigenvalue weighted by Gasteiger charge is -2.20. The first-order valence-corrected chi connectivity index (χ1v) is 6.34. The number of nitrogens with one attached hydrogen (secondary N) is 1. The van der Waals surface area contributed by atoms with E-state index in [1.807, 2.05) is 6.92 Å². The highest BCUT2D eigenvalue weighted by Gasteiger charge is 2.19. The molecule has 1 unspecified atom stereocenters. The monoisotopic (exact) mass is 259 g/mol. The van der Waals surface area contributed by atoms with E-state index < -0.39 is 11.7 Å². The highest BCUT2D eigenvalue weighted by atomic mass is 16.6. The summed E-state index contributed by atoms with van der Waals surface area (Å²) in [6.45, 7) is 7.84. The number of hydrogen-bond donors (Lipinski definition) is 1. The van der Waals surface area contributed by atoms with Crippen LogP contribution in [-0.2, 0) is 14.3 Å². The van der Waals surface area contributed by atoms with Crippen LogP contribution in [0.25, 0.3) is 0 Å². The Morgan fingerprint density at radius 3 is 2.28 bits per heavy atom. The van der Waals surface area contributed by atoms with Gasteiger partial charge in [-0.05, 0) is 33.6 Å². The molecule has 0 aromatic rings. The van der Waals surface area contributed by atoms with Crippen LogP contribution in [0.15, 0.2) is 0 Å². The molecule has 1 N–H and O–H groups in total. The van der Waals surface area contributed by atoms with Crippen molar-refractivity contribution in [2.75, 3.05) is 13.7 Å². The Morgan fingerprint density at radius 2 is 1.83 bits per heavy atom. The fraction of sp³-hybridized carbons (Fsp3) is 0.846. The molecule has 0 rings (SSSR count). The molecule has 1 amide bonds. The summed E-state index contributed by atoms with van der Waals surface area (Å²) in [6, 6.07) is 0. The van der Waals surface area contributed by atoms with E-state index in [2.05, 4.69) is 5.32 Å². The molecule has 0 aliphatic heterocycles. The molecule has 0 aliphatic carbocycles. The van der Waals surface area contributed by atoms with Gasteiger partial charge in [-0.1, -0.05) is 13.3 Å². The van der Waals surface area contributed by atoms with Gasteiger partial charge in [-0.3, -0.25) is 4.79 Å². The minimum absolute atomic E-state index is 0.157. The average Bonchev–Trinajstić information content (AvgIpc) is 2.24. The van der Waals surface area contributed by atoms with E-state index in [0.29, 0.717) is 13.0 Å². The molecule has 0 saturated carbocycles. The summed E-state index contributed by atoms with van der Waals surface area (Å²) in [5, 5.41) is 2.64. The number of hydrogen-bond acceptors (Lipinski definition) is 4. The second-order valence-corrected chi connectivity index (χ2v) is 5.23. The van der Waals surface area contributed by atoms with Crippen LogP contribution in [0.4, 0.5) is 4.79 Å². The van der Waals surface area contributed by atoms with Gasteiger partial charge in [0.1, 0.15) is 5.60 Å². The Morgan fingerprint density at radius 1 is 1.22 bits per heavy atom. The standard InChI is InChI=1S/C13H25NO4/c1-6-7-10(11(15)17-5)8-9-14-12(16)18-13(2,3)4/h10H,6-9H2,1-5H3,(H,14,16). The van der Waals surface area contributed by atoms with Crippen LogP contribution >= 0.6 is 0 Å². The molecule has 5 heteroatoms. The molecular weight excluding hydrogens is 234 g/mol. The van der Waals surface area contributed by atoms with Crippen LogP contribution in [0.5, 0.6) is 0 Å². The zero-order chi connectivity index (χ0) is 14.2. The summed E-state index contributed by atoms with van der Waals surface area (Å²) >= 11 is 0. The van der Waals surface area contributed by atoms with Crippen LogP contribution in [0, 0.1) is 5.92 Å². The van der Waals surface area contributed by atoms with Crippen molar-refractivity contribution in [1.29, 1.82) is 0 Å². The van der Waals surface area contributed by atoms with Gasteiger partial charge in [-0.2, -0.15) is 0 Å². The van der Waals surface area contributed by atoms with Crippen molar-refractivity contribution in [3.8, 4) is 0 Å². The Balaban J connectivity index is 3.99. The smallest absolute Gasteiger partial charge is 0.407 e. The number of ether oxygens (including phenoxy) is 2. The van der Waals surface area contributed by atoms with Gasteiger partial charge in [-0.15, -0.1) is 0 Å². The van der Waals surface area contributed by atoms with Crippen molar-refractivity contribution >= 4 is 12.1 Å². The third-order valence-corrected chi connectivity index (χ3v) is 2.33. The first kappa shape index (κ1) is 16.7. The summed E-state index contributed by atoms with van der Waals surface area (Å²) in [5.74, 6) is -0.377. The molecule has 0 spiro atoms. The van der Waals surface area contributed by atoms with Gasteiger partial charge in [0.25, 0.3) is 0 Å². The lowest BCUT2D eigenvalue weighted by atomic mass is 10.0. The predicted octanol–water partition coefficient (Wildman–Crippen LogP) is 2.49. The maximum atomic E-state index is 11.4. The lowest BCUT2D eigenvalue weighted by Crippen LogP contribution is -2.34. The Hall–Kier alpha value is -1.26. The molecule has 0 bridgehead atoms. The molecule has 0 aromatic heterocycles. The van der Waals surface area contributed by atoms with Crippen molar-refractivity contribution in [3.05, 3.63) is 0 Å². The van der Waals surface area contributed by atoms with Crippen molar-refractivity contribution in [2.24, 2.45) is 5.92 Å². The van der Waals surface area contributed by atoms with E-state index in [-0.39, 0.29) is 11.9 Å². The minimum Gasteiger partial charge on any atom is -0.469 e. The molecular formula is C13H25NO4. The molecule has 0 fully saturated rings. The SMILES string of the molecule is CCCC(CCNC(=O)OC(C)(C)C)C(=O)OC. The number of alkyl carbamates (subject to hydrolysis) is 1. The van der Waals surface area contributed by atoms with E-state index in [0.717, 1.165) is 12.8 Å². The van der Waals surface area contributed by atoms with Gasteiger partial charge in [0.15, 0.2) is 0 Å². The predicted molar refractivity (Wildman–Crippen MR) is 69.3 cm³/mol. The molecule has 5 nitrogen and oxygen atoms in total. The zero-order valence-electron chi connectivity index (χ0n) is 12.0. The molecule has 1 atom stereocenters. The number of carbonyl (C=O) groups excluding carboxylic acids is 2. The quantitative estimate of drug-likeness (QED) is 0.744. The average molecular weight is 259 g/mol. The minimum atomic E-state index is -0.505. The molecule has 0 radical (unpaired) electrons. The first-order chi connectivity index (χ1) is 8.30. The van der Waals surface area contributed by atoms with E-state index in [9.17, 15) is 9.59 Å². The van der Waals surface area contributed by atoms with E-state index in [1.54, 1.807) is 20.8 Å². The van der Waals surface area contributed by atoms with Gasteiger partial charge in [-0.25, -0.2) is 4.79 Å². The fourth-order valence-electron chi connectivity index (χ4n) is 1.56. The number of carbonyl (C=O) groups is 2. The number of esters is 1. The molecule has 106 valence electrons. The van der Waals surface area contributed by atoms with Gasteiger partial charge < -0.3 is 14.8 Å². The van der Waals surface area contributed by atoms with Crippen molar-refractivity contribution in [2.45, 2.75) is 52.6 Å². The second kappa shape index (κ2) is 7.95. The zero-order valence-corrected chi connectivity index (χ0v) is 12.0. The van der Waals surface area contributed by atoms with Crippen LogP contribution in [0.2, 0.25) is 0 Å². The highest BCUT2D eigenvalue weighted by molar-refractivity contribution is 5.72. The van der Waals surface area contributed by atoms with E-state index >= 15 is 0 Å². The van der Waals surface area contributed by atoms with Crippen molar-refractivity contribution in [3.63, 3.8) is 0 Å². The normalized spacial score (nSPS) is 12.7. The second-order valence-electron chi connectivity index (χ2n) is 5.23. The van der Waals surface area contributed by atoms with Gasteiger partial charge in [0.2, 0.25) is 0 Å². The maximum absolute atomic E-state index is 11.4. The summed E-state index contributed by atoms with van der Waals surface area (Å²) in [7, 11) is 1.38. The van der Waals surface area contributed by atoms with Crippen LogP contribution in [-0.4, -0.2) is 31.3 Å². The lowest BCUT2D eigenvalue weighted by molar-refractivity contribution is -0.145. The van der Waals surface area contributed by atoms with Crippen LogP contribution in [0.1, 0.15) is 47.0 Å². The summed E-state index contributed by atoms with van der Waals surface area (Å²) in [5.41, 5.74) is -0.505. The Bertz CT molecular complexity index is 271.